The normalized spacial score (nSPS) is 15.3. The molecule has 24 heavy (non-hydrogen) atoms. The quantitative estimate of drug-likeness (QED) is 0.277. The van der Waals surface area contributed by atoms with Gasteiger partial charge in [-0.1, -0.05) is 71.1 Å². The van der Waals surface area contributed by atoms with Gasteiger partial charge in [0.1, 0.15) is 12.6 Å². The Balaban J connectivity index is 0. The van der Waals surface area contributed by atoms with Gasteiger partial charge in [0.25, 0.3) is 0 Å². The van der Waals surface area contributed by atoms with Crippen molar-refractivity contribution in [2.24, 2.45) is 0 Å². The van der Waals surface area contributed by atoms with Crippen LogP contribution in [0.25, 0.3) is 4.85 Å². The molecule has 0 spiro atoms. The van der Waals surface area contributed by atoms with Crippen LogP contribution in [0.3, 0.4) is 0 Å². The molecular weight excluding hydrogens is 315 g/mol. The molecule has 0 amide bonds. The molecule has 1 rings (SSSR count). The SMILES string of the molecule is CCCCCCCCCCCC[C@@H](O)C(C(=O)O)N1C#[N+]CC1.[H-].[Na+]. The third-order valence-electron chi connectivity index (χ3n) is 4.46. The zero-order valence-electron chi connectivity index (χ0n) is 16.5. The monoisotopic (exact) mass is 349 g/mol. The molecule has 0 aliphatic carbocycles. The molecule has 134 valence electrons. The molecule has 0 saturated heterocycles. The number of aliphatic carboxylic acids is 1. The fourth-order valence-corrected chi connectivity index (χ4v) is 3.05. The van der Waals surface area contributed by atoms with Crippen molar-refractivity contribution in [3.05, 3.63) is 4.85 Å². The summed E-state index contributed by atoms with van der Waals surface area (Å²) in [4.78, 5) is 16.8. The zero-order chi connectivity index (χ0) is 16.9. The number of rotatable bonds is 14. The van der Waals surface area contributed by atoms with Crippen LogP contribution in [-0.2, 0) is 4.79 Å². The second-order valence-corrected chi connectivity index (χ2v) is 6.50. The van der Waals surface area contributed by atoms with E-state index in [0.717, 1.165) is 12.8 Å². The van der Waals surface area contributed by atoms with Crippen LogP contribution in [0.15, 0.2) is 0 Å². The summed E-state index contributed by atoms with van der Waals surface area (Å²) in [7, 11) is 0. The van der Waals surface area contributed by atoms with Gasteiger partial charge in [-0.15, -0.1) is 0 Å². The Labute approximate surface area is 170 Å². The number of unbranched alkanes of at least 4 members (excludes halogenated alkanes) is 9. The molecule has 1 heterocycles. The number of carboxylic acids is 1. The van der Waals surface area contributed by atoms with Gasteiger partial charge in [-0.2, -0.15) is 9.74 Å². The van der Waals surface area contributed by atoms with E-state index in [9.17, 15) is 15.0 Å². The maximum absolute atomic E-state index is 11.3. The fraction of sp³-hybridized carbons (Fsp3) is 0.889. The van der Waals surface area contributed by atoms with Crippen molar-refractivity contribution in [3.8, 4) is 6.19 Å². The van der Waals surface area contributed by atoms with E-state index in [-0.39, 0.29) is 31.0 Å². The van der Waals surface area contributed by atoms with Crippen molar-refractivity contribution in [2.45, 2.75) is 89.7 Å². The Hall–Kier alpha value is -0.280. The molecule has 5 nitrogen and oxygen atoms in total. The molecule has 0 saturated carbocycles. The average molecular weight is 349 g/mol. The number of carboxylic acid groups (broad SMARTS) is 1. The third kappa shape index (κ3) is 9.88. The molecule has 0 aromatic heterocycles. The minimum absolute atomic E-state index is 0. The fourth-order valence-electron chi connectivity index (χ4n) is 3.05. The van der Waals surface area contributed by atoms with Gasteiger partial charge in [-0.3, -0.25) is 0 Å². The summed E-state index contributed by atoms with van der Waals surface area (Å²) in [6.07, 6.45) is 14.7. The Bertz CT molecular complexity index is 402. The smallest absolute Gasteiger partial charge is 1.00 e. The second kappa shape index (κ2) is 15.0. The van der Waals surface area contributed by atoms with E-state index in [1.54, 1.807) is 0 Å². The third-order valence-corrected chi connectivity index (χ3v) is 4.46. The minimum Gasteiger partial charge on any atom is -1.00 e. The number of hydrogen-bond acceptors (Lipinski definition) is 3. The van der Waals surface area contributed by atoms with Crippen molar-refractivity contribution in [2.75, 3.05) is 13.1 Å². The number of nitrogens with zero attached hydrogens (tertiary/aromatic N) is 2. The van der Waals surface area contributed by atoms with Crippen molar-refractivity contribution >= 4 is 5.97 Å². The van der Waals surface area contributed by atoms with E-state index in [2.05, 4.69) is 18.0 Å². The predicted octanol–water partition coefficient (Wildman–Crippen LogP) is 0.834. The van der Waals surface area contributed by atoms with Crippen molar-refractivity contribution in [1.29, 1.82) is 0 Å². The van der Waals surface area contributed by atoms with Crippen LogP contribution in [-0.4, -0.2) is 46.3 Å². The minimum atomic E-state index is -0.992. The topological polar surface area (TPSA) is 65.1 Å². The molecule has 2 N–H and O–H groups in total. The van der Waals surface area contributed by atoms with Crippen molar-refractivity contribution < 1.29 is 46.0 Å². The van der Waals surface area contributed by atoms with E-state index in [1.807, 2.05) is 0 Å². The van der Waals surface area contributed by atoms with Gasteiger partial charge >= 0.3 is 41.7 Å². The standard InChI is InChI=1S/C18H32N2O3.Na.H/c1-2-3-4-5-6-7-8-9-10-11-12-16(21)17(18(22)23)20-14-13-19-15-20;;/h16-17,21H,2-14H2,1H3;;/q;+1;-1/p+1/t16-,17?;;/m1../s1. The summed E-state index contributed by atoms with van der Waals surface area (Å²) in [5.41, 5.74) is 0. The van der Waals surface area contributed by atoms with E-state index in [4.69, 9.17) is 0 Å². The Kier molecular flexibility index (Phi) is 14.8. The molecule has 0 bridgehead atoms. The Morgan fingerprint density at radius 1 is 1.12 bits per heavy atom. The molecular formula is C18H34N2NaO3+. The van der Waals surface area contributed by atoms with Gasteiger partial charge in [0.05, 0.1) is 0 Å². The molecule has 1 unspecified atom stereocenters. The summed E-state index contributed by atoms with van der Waals surface area (Å²) < 4.78 is 0. The van der Waals surface area contributed by atoms with Crippen LogP contribution >= 0.6 is 0 Å². The first-order valence-electron chi connectivity index (χ1n) is 9.26. The summed E-state index contributed by atoms with van der Waals surface area (Å²) in [5.74, 6) is -0.992. The molecule has 1 aliphatic heterocycles. The van der Waals surface area contributed by atoms with Gasteiger partial charge in [-0.25, -0.2) is 4.79 Å². The Morgan fingerprint density at radius 2 is 1.67 bits per heavy atom. The largest absolute Gasteiger partial charge is 1.00 e. The van der Waals surface area contributed by atoms with Crippen LogP contribution in [0, 0.1) is 6.19 Å². The molecule has 6 heteroatoms. The summed E-state index contributed by atoms with van der Waals surface area (Å²) >= 11 is 0. The van der Waals surface area contributed by atoms with Gasteiger partial charge in [0, 0.05) is 0 Å². The average Bonchev–Trinajstić information content (AvgIpc) is 3.03. The van der Waals surface area contributed by atoms with Crippen molar-refractivity contribution in [1.82, 2.24) is 4.90 Å². The Morgan fingerprint density at radius 3 is 2.12 bits per heavy atom. The first kappa shape index (κ1) is 23.7. The first-order chi connectivity index (χ1) is 11.2. The van der Waals surface area contributed by atoms with Gasteiger partial charge < -0.3 is 11.6 Å². The van der Waals surface area contributed by atoms with Crippen molar-refractivity contribution in [3.63, 3.8) is 0 Å². The first-order valence-corrected chi connectivity index (χ1v) is 9.26. The zero-order valence-corrected chi connectivity index (χ0v) is 17.5. The molecule has 0 fully saturated rings. The van der Waals surface area contributed by atoms with Crippen LogP contribution in [0.2, 0.25) is 0 Å². The van der Waals surface area contributed by atoms with Gasteiger partial charge in [0.2, 0.25) is 12.6 Å². The summed E-state index contributed by atoms with van der Waals surface area (Å²) in [6.45, 7) is 3.33. The molecule has 2 atom stereocenters. The van der Waals surface area contributed by atoms with E-state index in [1.165, 1.54) is 56.3 Å². The van der Waals surface area contributed by atoms with Crippen LogP contribution in [0.5, 0.6) is 0 Å². The maximum atomic E-state index is 11.3. The van der Waals surface area contributed by atoms with Crippen LogP contribution in [0.1, 0.15) is 79.0 Å². The molecule has 0 aromatic carbocycles. The van der Waals surface area contributed by atoms with E-state index < -0.39 is 18.1 Å². The van der Waals surface area contributed by atoms with E-state index >= 15 is 0 Å². The van der Waals surface area contributed by atoms with E-state index in [0.29, 0.717) is 19.5 Å². The number of aliphatic hydroxyl groups is 1. The number of carbonyl (C=O) groups is 1. The maximum Gasteiger partial charge on any atom is 1.00 e. The second-order valence-electron chi connectivity index (χ2n) is 6.50. The number of aliphatic hydroxyl groups excluding tert-OH is 1. The van der Waals surface area contributed by atoms with Crippen LogP contribution in [0.4, 0.5) is 0 Å². The summed E-state index contributed by atoms with van der Waals surface area (Å²) in [6, 6.07) is -0.903. The number of hydrogen-bond donors (Lipinski definition) is 2. The van der Waals surface area contributed by atoms with Crippen LogP contribution < -0.4 is 29.6 Å². The summed E-state index contributed by atoms with van der Waals surface area (Å²) in [5, 5.41) is 19.4. The van der Waals surface area contributed by atoms with Gasteiger partial charge in [0.15, 0.2) is 0 Å². The molecule has 0 aromatic rings. The predicted molar refractivity (Wildman–Crippen MR) is 93.8 cm³/mol. The van der Waals surface area contributed by atoms with Gasteiger partial charge in [-0.05, 0) is 6.42 Å². The molecule has 1 aliphatic rings. The molecule has 0 radical (unpaired) electrons.